The van der Waals surface area contributed by atoms with Crippen molar-refractivity contribution in [3.05, 3.63) is 73.8 Å². The number of ether oxygens (including phenoxy) is 2. The lowest BCUT2D eigenvalue weighted by atomic mass is 10.0. The van der Waals surface area contributed by atoms with Crippen LogP contribution in [0.5, 0.6) is 5.75 Å². The molecule has 0 bridgehead atoms. The number of hydrogen-bond acceptors (Lipinski definition) is 8. The van der Waals surface area contributed by atoms with Crippen LogP contribution in [0, 0.1) is 20.2 Å². The van der Waals surface area contributed by atoms with Crippen LogP contribution >= 0.6 is 0 Å². The Morgan fingerprint density at radius 1 is 1.07 bits per heavy atom. The first-order valence-electron chi connectivity index (χ1n) is 8.79. The molecule has 1 atom stereocenters. The van der Waals surface area contributed by atoms with Gasteiger partial charge in [-0.3, -0.25) is 29.8 Å². The van der Waals surface area contributed by atoms with Crippen molar-refractivity contribution in [2.75, 3.05) is 13.7 Å². The van der Waals surface area contributed by atoms with E-state index in [-0.39, 0.29) is 18.6 Å². The number of rotatable bonds is 9. The maximum absolute atomic E-state index is 12.7. The fourth-order valence-electron chi connectivity index (χ4n) is 2.68. The molecule has 0 aliphatic rings. The van der Waals surface area contributed by atoms with Gasteiger partial charge < -0.3 is 14.8 Å². The molecule has 2 aromatic rings. The molecule has 0 aliphatic heterocycles. The minimum atomic E-state index is -0.857. The molecule has 11 heteroatoms. The Balaban J connectivity index is 2.38. The van der Waals surface area contributed by atoms with Crippen molar-refractivity contribution in [2.45, 2.75) is 19.4 Å². The molecule has 0 heterocycles. The summed E-state index contributed by atoms with van der Waals surface area (Å²) in [5.41, 5.74) is -0.960. The summed E-state index contributed by atoms with van der Waals surface area (Å²) in [4.78, 5) is 45.2. The first kappa shape index (κ1) is 22.3. The second-order valence-electron chi connectivity index (χ2n) is 6.06. The minimum absolute atomic E-state index is 0.148. The Morgan fingerprint density at radius 2 is 1.70 bits per heavy atom. The smallest absolute Gasteiger partial charge is 0.308 e. The number of carbonyl (C=O) groups is 2. The number of amides is 1. The zero-order valence-corrected chi connectivity index (χ0v) is 16.2. The van der Waals surface area contributed by atoms with Crippen LogP contribution < -0.4 is 10.1 Å². The van der Waals surface area contributed by atoms with E-state index >= 15 is 0 Å². The molecular formula is C19H19N3O8. The van der Waals surface area contributed by atoms with Crippen molar-refractivity contribution in [3.63, 3.8) is 0 Å². The summed E-state index contributed by atoms with van der Waals surface area (Å²) in [7, 11) is 1.46. The standard InChI is InChI=1S/C19H19N3O8/c1-3-30-18(23)11-17(12-5-4-6-16(9-12)29-2)20-19(24)13-7-14(21(25)26)10-15(8-13)22(27)28/h4-10,17H,3,11H2,1-2H3,(H,20,24). The molecule has 1 amide bonds. The van der Waals surface area contributed by atoms with Gasteiger partial charge in [0.25, 0.3) is 17.3 Å². The molecule has 0 spiro atoms. The van der Waals surface area contributed by atoms with Gasteiger partial charge in [-0.25, -0.2) is 0 Å². The average Bonchev–Trinajstić information content (AvgIpc) is 2.72. The summed E-state index contributed by atoms with van der Waals surface area (Å²) < 4.78 is 10.1. The zero-order valence-electron chi connectivity index (χ0n) is 16.2. The number of nitrogens with zero attached hydrogens (tertiary/aromatic N) is 2. The van der Waals surface area contributed by atoms with Crippen LogP contribution in [0.2, 0.25) is 0 Å². The number of benzene rings is 2. The van der Waals surface area contributed by atoms with Crippen LogP contribution in [0.4, 0.5) is 11.4 Å². The quantitative estimate of drug-likeness (QED) is 0.371. The molecule has 0 radical (unpaired) electrons. The molecule has 0 fully saturated rings. The summed E-state index contributed by atoms with van der Waals surface area (Å²) in [6, 6.07) is 8.36. The lowest BCUT2D eigenvalue weighted by Gasteiger charge is -2.19. The molecule has 1 N–H and O–H groups in total. The van der Waals surface area contributed by atoms with E-state index in [4.69, 9.17) is 9.47 Å². The Bertz CT molecular complexity index is 944. The first-order chi connectivity index (χ1) is 14.2. The Kier molecular flexibility index (Phi) is 7.39. The van der Waals surface area contributed by atoms with Gasteiger partial charge in [-0.15, -0.1) is 0 Å². The number of non-ortho nitro benzene ring substituents is 2. The third-order valence-electron chi connectivity index (χ3n) is 4.06. The summed E-state index contributed by atoms with van der Waals surface area (Å²) in [5.74, 6) is -0.906. The topological polar surface area (TPSA) is 151 Å². The van der Waals surface area contributed by atoms with E-state index in [1.807, 2.05) is 0 Å². The lowest BCUT2D eigenvalue weighted by molar-refractivity contribution is -0.394. The summed E-state index contributed by atoms with van der Waals surface area (Å²) >= 11 is 0. The number of hydrogen-bond donors (Lipinski definition) is 1. The molecule has 0 aliphatic carbocycles. The van der Waals surface area contributed by atoms with Gasteiger partial charge in [-0.2, -0.15) is 0 Å². The van der Waals surface area contributed by atoms with E-state index in [0.29, 0.717) is 11.3 Å². The van der Waals surface area contributed by atoms with Crippen LogP contribution in [-0.4, -0.2) is 35.4 Å². The Morgan fingerprint density at radius 3 is 2.23 bits per heavy atom. The Hall–Kier alpha value is -4.02. The molecule has 158 valence electrons. The van der Waals surface area contributed by atoms with Gasteiger partial charge in [0.05, 0.1) is 47.7 Å². The van der Waals surface area contributed by atoms with E-state index in [2.05, 4.69) is 5.32 Å². The number of methoxy groups -OCH3 is 1. The van der Waals surface area contributed by atoms with Crippen molar-refractivity contribution in [1.29, 1.82) is 0 Å². The van der Waals surface area contributed by atoms with Gasteiger partial charge in [-0.1, -0.05) is 12.1 Å². The SMILES string of the molecule is CCOC(=O)CC(NC(=O)c1cc([N+](=O)[O-])cc([N+](=O)[O-])c1)c1cccc(OC)c1. The van der Waals surface area contributed by atoms with Crippen molar-refractivity contribution in [3.8, 4) is 5.75 Å². The van der Waals surface area contributed by atoms with Crippen LogP contribution in [0.3, 0.4) is 0 Å². The van der Waals surface area contributed by atoms with E-state index in [1.54, 1.807) is 31.2 Å². The van der Waals surface area contributed by atoms with Gasteiger partial charge in [0, 0.05) is 12.1 Å². The van der Waals surface area contributed by atoms with E-state index < -0.39 is 39.1 Å². The minimum Gasteiger partial charge on any atom is -0.497 e. The molecule has 2 aromatic carbocycles. The van der Waals surface area contributed by atoms with Gasteiger partial charge in [0.2, 0.25) is 0 Å². The van der Waals surface area contributed by atoms with E-state index in [9.17, 15) is 29.8 Å². The largest absolute Gasteiger partial charge is 0.497 e. The summed E-state index contributed by atoms with van der Waals surface area (Å²) in [6.45, 7) is 1.79. The number of esters is 1. The van der Waals surface area contributed by atoms with Crippen molar-refractivity contribution < 1.29 is 28.9 Å². The fourth-order valence-corrected chi connectivity index (χ4v) is 2.68. The second kappa shape index (κ2) is 9.96. The van der Waals surface area contributed by atoms with Crippen molar-refractivity contribution in [2.24, 2.45) is 0 Å². The second-order valence-corrected chi connectivity index (χ2v) is 6.06. The van der Waals surface area contributed by atoms with E-state index in [1.165, 1.54) is 7.11 Å². The lowest BCUT2D eigenvalue weighted by Crippen LogP contribution is -2.30. The summed E-state index contributed by atoms with van der Waals surface area (Å²) in [5, 5.41) is 24.7. The molecule has 0 aromatic heterocycles. The van der Waals surface area contributed by atoms with E-state index in [0.717, 1.165) is 18.2 Å². The summed E-state index contributed by atoms with van der Waals surface area (Å²) in [6.07, 6.45) is -0.218. The fraction of sp³-hybridized carbons (Fsp3) is 0.263. The molecule has 1 unspecified atom stereocenters. The maximum Gasteiger partial charge on any atom is 0.308 e. The van der Waals surface area contributed by atoms with Crippen LogP contribution in [0.25, 0.3) is 0 Å². The molecular weight excluding hydrogens is 398 g/mol. The van der Waals surface area contributed by atoms with Gasteiger partial charge >= 0.3 is 5.97 Å². The molecule has 11 nitrogen and oxygen atoms in total. The first-order valence-corrected chi connectivity index (χ1v) is 8.79. The predicted octanol–water partition coefficient (Wildman–Crippen LogP) is 2.94. The predicted molar refractivity (Wildman–Crippen MR) is 104 cm³/mol. The van der Waals surface area contributed by atoms with Gasteiger partial charge in [0.1, 0.15) is 5.75 Å². The third kappa shape index (κ3) is 5.74. The van der Waals surface area contributed by atoms with Crippen LogP contribution in [-0.2, 0) is 9.53 Å². The highest BCUT2D eigenvalue weighted by atomic mass is 16.6. The number of nitro benzene ring substituents is 2. The van der Waals surface area contributed by atoms with Crippen LogP contribution in [0.1, 0.15) is 35.3 Å². The van der Waals surface area contributed by atoms with Crippen molar-refractivity contribution in [1.82, 2.24) is 5.32 Å². The monoisotopic (exact) mass is 417 g/mol. The molecule has 0 saturated heterocycles. The third-order valence-corrected chi connectivity index (χ3v) is 4.06. The average molecular weight is 417 g/mol. The maximum atomic E-state index is 12.7. The molecule has 2 rings (SSSR count). The Labute approximate surface area is 170 Å². The van der Waals surface area contributed by atoms with Gasteiger partial charge in [-0.05, 0) is 24.6 Å². The normalized spacial score (nSPS) is 11.3. The van der Waals surface area contributed by atoms with Gasteiger partial charge in [0.15, 0.2) is 0 Å². The highest BCUT2D eigenvalue weighted by Crippen LogP contribution is 2.25. The highest BCUT2D eigenvalue weighted by Gasteiger charge is 2.24. The molecule has 30 heavy (non-hydrogen) atoms. The van der Waals surface area contributed by atoms with Crippen molar-refractivity contribution >= 4 is 23.3 Å². The molecule has 0 saturated carbocycles. The van der Waals surface area contributed by atoms with Crippen LogP contribution in [0.15, 0.2) is 42.5 Å². The number of nitro groups is 2. The zero-order chi connectivity index (χ0) is 22.3. The number of carbonyl (C=O) groups excluding carboxylic acids is 2. The highest BCUT2D eigenvalue weighted by molar-refractivity contribution is 5.96. The number of nitrogens with one attached hydrogen (secondary N) is 1.